The van der Waals surface area contributed by atoms with Gasteiger partial charge in [0.05, 0.1) is 38.0 Å². The SMILES string of the molecule is COc1cccc(NS(=O)(=O)c2ccc(OCC(=O)N[C@H](C)c3ccc(OC)c(OC)c3)cc2)c1. The second-order valence-electron chi connectivity index (χ2n) is 7.50. The second-order valence-corrected chi connectivity index (χ2v) is 9.18. The zero-order chi connectivity index (χ0) is 25.4. The van der Waals surface area contributed by atoms with Crippen LogP contribution in [-0.2, 0) is 14.8 Å². The van der Waals surface area contributed by atoms with E-state index in [-0.39, 0.29) is 23.5 Å². The van der Waals surface area contributed by atoms with Crippen LogP contribution in [0, 0.1) is 0 Å². The molecular formula is C25H28N2O7S. The lowest BCUT2D eigenvalue weighted by molar-refractivity contribution is -0.123. The average molecular weight is 501 g/mol. The first-order valence-electron chi connectivity index (χ1n) is 10.7. The van der Waals surface area contributed by atoms with Gasteiger partial charge in [-0.05, 0) is 61.0 Å². The number of carbonyl (C=O) groups excluding carboxylic acids is 1. The van der Waals surface area contributed by atoms with E-state index in [0.717, 1.165) is 5.56 Å². The second kappa shape index (κ2) is 11.5. The Bertz CT molecular complexity index is 1260. The van der Waals surface area contributed by atoms with Crippen molar-refractivity contribution >= 4 is 21.6 Å². The van der Waals surface area contributed by atoms with E-state index < -0.39 is 10.0 Å². The molecule has 0 radical (unpaired) electrons. The fraction of sp³-hybridized carbons (Fsp3) is 0.240. The van der Waals surface area contributed by atoms with Gasteiger partial charge in [0, 0.05) is 6.07 Å². The number of carbonyl (C=O) groups is 1. The highest BCUT2D eigenvalue weighted by Crippen LogP contribution is 2.30. The Morgan fingerprint density at radius 1 is 0.857 bits per heavy atom. The maximum Gasteiger partial charge on any atom is 0.261 e. The van der Waals surface area contributed by atoms with Gasteiger partial charge in [0.25, 0.3) is 15.9 Å². The number of benzene rings is 3. The van der Waals surface area contributed by atoms with Gasteiger partial charge in [-0.3, -0.25) is 9.52 Å². The van der Waals surface area contributed by atoms with E-state index in [1.807, 2.05) is 13.0 Å². The van der Waals surface area contributed by atoms with Crippen LogP contribution in [0.25, 0.3) is 0 Å². The van der Waals surface area contributed by atoms with Crippen LogP contribution in [-0.4, -0.2) is 42.3 Å². The van der Waals surface area contributed by atoms with Crippen molar-refractivity contribution in [2.45, 2.75) is 17.9 Å². The Hall–Kier alpha value is -3.92. The first-order chi connectivity index (χ1) is 16.7. The topological polar surface area (TPSA) is 112 Å². The minimum Gasteiger partial charge on any atom is -0.497 e. The molecule has 0 aliphatic carbocycles. The molecule has 0 heterocycles. The third-order valence-corrected chi connectivity index (χ3v) is 6.51. The molecule has 1 amide bonds. The van der Waals surface area contributed by atoms with Gasteiger partial charge < -0.3 is 24.3 Å². The van der Waals surface area contributed by atoms with Crippen LogP contribution in [0.4, 0.5) is 5.69 Å². The normalized spacial score (nSPS) is 11.8. The van der Waals surface area contributed by atoms with Gasteiger partial charge in [0.15, 0.2) is 18.1 Å². The summed E-state index contributed by atoms with van der Waals surface area (Å²) in [6.45, 7) is 1.61. The Morgan fingerprint density at radius 3 is 2.23 bits per heavy atom. The minimum atomic E-state index is -3.80. The maximum absolute atomic E-state index is 12.6. The molecule has 186 valence electrons. The molecule has 0 bridgehead atoms. The summed E-state index contributed by atoms with van der Waals surface area (Å²) in [5.41, 5.74) is 1.22. The van der Waals surface area contributed by atoms with Crippen LogP contribution in [0.3, 0.4) is 0 Å². The van der Waals surface area contributed by atoms with Crippen LogP contribution in [0.15, 0.2) is 71.6 Å². The number of hydrogen-bond donors (Lipinski definition) is 2. The van der Waals surface area contributed by atoms with E-state index in [4.69, 9.17) is 18.9 Å². The Labute approximate surface area is 205 Å². The monoisotopic (exact) mass is 500 g/mol. The molecule has 35 heavy (non-hydrogen) atoms. The van der Waals surface area contributed by atoms with Crippen molar-refractivity contribution in [1.82, 2.24) is 5.32 Å². The molecule has 2 N–H and O–H groups in total. The summed E-state index contributed by atoms with van der Waals surface area (Å²) in [5.74, 6) is 1.73. The fourth-order valence-electron chi connectivity index (χ4n) is 3.25. The molecule has 10 heteroatoms. The van der Waals surface area contributed by atoms with E-state index in [9.17, 15) is 13.2 Å². The summed E-state index contributed by atoms with van der Waals surface area (Å²) >= 11 is 0. The third-order valence-electron chi connectivity index (χ3n) is 5.11. The highest BCUT2D eigenvalue weighted by atomic mass is 32.2. The Kier molecular flexibility index (Phi) is 8.43. The maximum atomic E-state index is 12.6. The Morgan fingerprint density at radius 2 is 1.57 bits per heavy atom. The van der Waals surface area contributed by atoms with Crippen molar-refractivity contribution in [3.05, 3.63) is 72.3 Å². The van der Waals surface area contributed by atoms with Crippen LogP contribution in [0.1, 0.15) is 18.5 Å². The predicted molar refractivity (Wildman–Crippen MR) is 132 cm³/mol. The summed E-state index contributed by atoms with van der Waals surface area (Å²) in [5, 5.41) is 2.85. The van der Waals surface area contributed by atoms with E-state index >= 15 is 0 Å². The van der Waals surface area contributed by atoms with Gasteiger partial charge in [0.1, 0.15) is 11.5 Å². The van der Waals surface area contributed by atoms with E-state index in [2.05, 4.69) is 10.0 Å². The molecule has 3 aromatic rings. The zero-order valence-corrected chi connectivity index (χ0v) is 20.7. The van der Waals surface area contributed by atoms with Crippen LogP contribution in [0.5, 0.6) is 23.0 Å². The van der Waals surface area contributed by atoms with Gasteiger partial charge in [-0.1, -0.05) is 12.1 Å². The molecular weight excluding hydrogens is 472 g/mol. The van der Waals surface area contributed by atoms with Crippen LogP contribution < -0.4 is 29.0 Å². The number of nitrogens with one attached hydrogen (secondary N) is 2. The summed E-state index contributed by atoms with van der Waals surface area (Å²) in [6.07, 6.45) is 0. The van der Waals surface area contributed by atoms with Crippen molar-refractivity contribution in [1.29, 1.82) is 0 Å². The van der Waals surface area contributed by atoms with Gasteiger partial charge in [-0.2, -0.15) is 0 Å². The van der Waals surface area contributed by atoms with E-state index in [1.165, 1.54) is 31.4 Å². The quantitative estimate of drug-likeness (QED) is 0.412. The first kappa shape index (κ1) is 25.7. The molecule has 0 aliphatic heterocycles. The molecule has 0 aromatic heterocycles. The number of sulfonamides is 1. The number of hydrogen-bond acceptors (Lipinski definition) is 7. The molecule has 0 unspecified atom stereocenters. The Balaban J connectivity index is 1.56. The molecule has 3 rings (SSSR count). The summed E-state index contributed by atoms with van der Waals surface area (Å²) < 4.78 is 48.9. The number of rotatable bonds is 11. The molecule has 0 fully saturated rings. The number of methoxy groups -OCH3 is 3. The lowest BCUT2D eigenvalue weighted by Gasteiger charge is -2.17. The number of amides is 1. The molecule has 0 saturated carbocycles. The molecule has 9 nitrogen and oxygen atoms in total. The van der Waals surface area contributed by atoms with Gasteiger partial charge in [0.2, 0.25) is 0 Å². The summed E-state index contributed by atoms with van der Waals surface area (Å²) in [6, 6.07) is 17.5. The van der Waals surface area contributed by atoms with Gasteiger partial charge >= 0.3 is 0 Å². The highest BCUT2D eigenvalue weighted by Gasteiger charge is 2.16. The molecule has 1 atom stereocenters. The summed E-state index contributed by atoms with van der Waals surface area (Å²) in [7, 11) is 0.801. The van der Waals surface area contributed by atoms with E-state index in [1.54, 1.807) is 50.6 Å². The van der Waals surface area contributed by atoms with Crippen molar-refractivity contribution in [3.63, 3.8) is 0 Å². The van der Waals surface area contributed by atoms with Crippen LogP contribution in [0.2, 0.25) is 0 Å². The predicted octanol–water partition coefficient (Wildman–Crippen LogP) is 3.77. The number of ether oxygens (including phenoxy) is 4. The largest absolute Gasteiger partial charge is 0.497 e. The van der Waals surface area contributed by atoms with E-state index in [0.29, 0.717) is 28.7 Å². The first-order valence-corrected chi connectivity index (χ1v) is 12.1. The van der Waals surface area contributed by atoms with Crippen molar-refractivity contribution in [2.24, 2.45) is 0 Å². The smallest absolute Gasteiger partial charge is 0.261 e. The highest BCUT2D eigenvalue weighted by molar-refractivity contribution is 7.92. The molecule has 0 aliphatic rings. The lowest BCUT2D eigenvalue weighted by atomic mass is 10.1. The third kappa shape index (κ3) is 6.80. The van der Waals surface area contributed by atoms with Gasteiger partial charge in [-0.25, -0.2) is 8.42 Å². The van der Waals surface area contributed by atoms with Crippen LogP contribution >= 0.6 is 0 Å². The lowest BCUT2D eigenvalue weighted by Crippen LogP contribution is -2.31. The minimum absolute atomic E-state index is 0.0548. The van der Waals surface area contributed by atoms with Crippen molar-refractivity contribution in [3.8, 4) is 23.0 Å². The standard InChI is InChI=1S/C25H28N2O7S/c1-17(18-8-13-23(32-3)24(14-18)33-4)26-25(28)16-34-20-9-11-22(12-10-20)35(29,30)27-19-6-5-7-21(15-19)31-2/h5-15,17,27H,16H2,1-4H3,(H,26,28)/t17-/m1/s1. The molecule has 0 spiro atoms. The van der Waals surface area contributed by atoms with Crippen molar-refractivity contribution in [2.75, 3.05) is 32.7 Å². The zero-order valence-electron chi connectivity index (χ0n) is 19.9. The molecule has 3 aromatic carbocycles. The fourth-order valence-corrected chi connectivity index (χ4v) is 4.30. The van der Waals surface area contributed by atoms with Gasteiger partial charge in [-0.15, -0.1) is 0 Å². The number of anilines is 1. The summed E-state index contributed by atoms with van der Waals surface area (Å²) in [4.78, 5) is 12.4. The average Bonchev–Trinajstić information content (AvgIpc) is 2.87. The van der Waals surface area contributed by atoms with Crippen molar-refractivity contribution < 1.29 is 32.2 Å². The molecule has 0 saturated heterocycles.